The van der Waals surface area contributed by atoms with Gasteiger partial charge < -0.3 is 14.5 Å². The highest BCUT2D eigenvalue weighted by Crippen LogP contribution is 2.28. The van der Waals surface area contributed by atoms with Crippen LogP contribution in [0.3, 0.4) is 0 Å². The fourth-order valence-electron chi connectivity index (χ4n) is 4.65. The Bertz CT molecular complexity index is 1520. The molecule has 3 amide bonds. The fourth-order valence-corrected chi connectivity index (χ4v) is 4.65. The maximum atomic E-state index is 12.9. The van der Waals surface area contributed by atoms with Gasteiger partial charge in [-0.25, -0.2) is 4.98 Å². The molecule has 36 heavy (non-hydrogen) atoms. The third kappa shape index (κ3) is 3.95. The van der Waals surface area contributed by atoms with E-state index in [0.29, 0.717) is 34.9 Å². The first kappa shape index (κ1) is 22.2. The standard InChI is InChI=1S/C28H23N3O5/c1-16-4-11-24-23(13-16)30-26(36-24)17-5-8-19(9-6-17)29-25(32)18-7-10-21-22(14-18)28(34)31(27(21)33)15-20-3-2-12-35-20/h4-11,13-14,20H,2-3,12,15H2,1H3,(H,29,32). The van der Waals surface area contributed by atoms with Crippen molar-refractivity contribution in [2.75, 3.05) is 18.5 Å². The maximum absolute atomic E-state index is 12.9. The number of aryl methyl sites for hydroxylation is 1. The van der Waals surface area contributed by atoms with Crippen molar-refractivity contribution in [3.8, 4) is 11.5 Å². The number of rotatable bonds is 5. The molecule has 0 aliphatic carbocycles. The van der Waals surface area contributed by atoms with Crippen molar-refractivity contribution in [3.63, 3.8) is 0 Å². The SMILES string of the molecule is Cc1ccc2oc(-c3ccc(NC(=O)c4ccc5c(c4)C(=O)N(CC4CCCO4)C5=O)cc3)nc2c1. The van der Waals surface area contributed by atoms with E-state index >= 15 is 0 Å². The van der Waals surface area contributed by atoms with Crippen molar-refractivity contribution < 1.29 is 23.5 Å². The largest absolute Gasteiger partial charge is 0.436 e. The van der Waals surface area contributed by atoms with Gasteiger partial charge in [-0.1, -0.05) is 6.07 Å². The van der Waals surface area contributed by atoms with Crippen molar-refractivity contribution in [3.05, 3.63) is 82.9 Å². The Hall–Kier alpha value is -4.30. The van der Waals surface area contributed by atoms with Crippen LogP contribution in [0.5, 0.6) is 0 Å². The Balaban J connectivity index is 1.17. The Morgan fingerprint density at radius 2 is 1.83 bits per heavy atom. The second kappa shape index (κ2) is 8.73. The number of oxazole rings is 1. The van der Waals surface area contributed by atoms with Crippen molar-refractivity contribution >= 4 is 34.5 Å². The molecule has 2 aliphatic rings. The summed E-state index contributed by atoms with van der Waals surface area (Å²) in [6.07, 6.45) is 1.62. The molecule has 4 aromatic rings. The highest BCUT2D eigenvalue weighted by Gasteiger charge is 2.38. The van der Waals surface area contributed by atoms with Gasteiger partial charge in [0.1, 0.15) is 5.52 Å². The van der Waals surface area contributed by atoms with E-state index in [1.807, 2.05) is 37.3 Å². The van der Waals surface area contributed by atoms with E-state index in [4.69, 9.17) is 9.15 Å². The van der Waals surface area contributed by atoms with Crippen LogP contribution in [0.1, 0.15) is 49.5 Å². The van der Waals surface area contributed by atoms with E-state index in [1.165, 1.54) is 17.0 Å². The maximum Gasteiger partial charge on any atom is 0.261 e. The Kier molecular flexibility index (Phi) is 5.38. The average molecular weight is 482 g/mol. The Labute approximate surface area is 206 Å². The molecule has 2 aliphatic heterocycles. The number of carbonyl (C=O) groups is 3. The molecule has 1 saturated heterocycles. The molecule has 1 unspecified atom stereocenters. The smallest absolute Gasteiger partial charge is 0.261 e. The molecule has 0 bridgehead atoms. The summed E-state index contributed by atoms with van der Waals surface area (Å²) in [5.41, 5.74) is 4.84. The summed E-state index contributed by atoms with van der Waals surface area (Å²) in [5, 5.41) is 2.84. The predicted octanol–water partition coefficient (Wildman–Crippen LogP) is 4.83. The van der Waals surface area contributed by atoms with Crippen molar-refractivity contribution in [1.82, 2.24) is 9.88 Å². The van der Waals surface area contributed by atoms with Gasteiger partial charge in [-0.05, 0) is 79.9 Å². The van der Waals surface area contributed by atoms with Crippen LogP contribution in [-0.4, -0.2) is 46.9 Å². The number of nitrogens with one attached hydrogen (secondary N) is 1. The molecule has 1 N–H and O–H groups in total. The monoisotopic (exact) mass is 481 g/mol. The summed E-state index contributed by atoms with van der Waals surface area (Å²) in [7, 11) is 0. The number of hydrogen-bond donors (Lipinski definition) is 1. The zero-order chi connectivity index (χ0) is 24.8. The first-order valence-corrected chi connectivity index (χ1v) is 11.9. The van der Waals surface area contributed by atoms with Gasteiger partial charge in [0.05, 0.1) is 23.8 Å². The van der Waals surface area contributed by atoms with Gasteiger partial charge in [-0.3, -0.25) is 19.3 Å². The molecule has 1 aromatic heterocycles. The number of anilines is 1. The number of hydrogen-bond acceptors (Lipinski definition) is 6. The van der Waals surface area contributed by atoms with Crippen molar-refractivity contribution in [2.45, 2.75) is 25.9 Å². The molecule has 0 radical (unpaired) electrons. The van der Waals surface area contributed by atoms with Gasteiger partial charge in [0.25, 0.3) is 17.7 Å². The zero-order valence-electron chi connectivity index (χ0n) is 19.6. The van der Waals surface area contributed by atoms with Gasteiger partial charge in [0.15, 0.2) is 5.58 Å². The van der Waals surface area contributed by atoms with E-state index in [0.717, 1.165) is 29.5 Å². The van der Waals surface area contributed by atoms with Crippen LogP contribution in [0.4, 0.5) is 5.69 Å². The summed E-state index contributed by atoms with van der Waals surface area (Å²) in [4.78, 5) is 44.3. The van der Waals surface area contributed by atoms with E-state index < -0.39 is 5.91 Å². The van der Waals surface area contributed by atoms with E-state index in [2.05, 4.69) is 10.3 Å². The molecule has 3 aromatic carbocycles. The van der Waals surface area contributed by atoms with E-state index in [9.17, 15) is 14.4 Å². The fraction of sp³-hybridized carbons (Fsp3) is 0.214. The highest BCUT2D eigenvalue weighted by atomic mass is 16.5. The number of benzene rings is 3. The first-order valence-electron chi connectivity index (χ1n) is 11.9. The summed E-state index contributed by atoms with van der Waals surface area (Å²) in [5.74, 6) is -0.607. The molecular weight excluding hydrogens is 458 g/mol. The molecule has 0 saturated carbocycles. The van der Waals surface area contributed by atoms with Gasteiger partial charge in [0, 0.05) is 23.4 Å². The predicted molar refractivity (Wildman–Crippen MR) is 133 cm³/mol. The summed E-state index contributed by atoms with van der Waals surface area (Å²) < 4.78 is 11.4. The number of carbonyl (C=O) groups excluding carboxylic acids is 3. The van der Waals surface area contributed by atoms with E-state index in [-0.39, 0.29) is 30.0 Å². The van der Waals surface area contributed by atoms with Crippen LogP contribution in [0.15, 0.2) is 65.1 Å². The average Bonchev–Trinajstić information content (AvgIpc) is 3.60. The van der Waals surface area contributed by atoms with Gasteiger partial charge >= 0.3 is 0 Å². The molecular formula is C28H23N3O5. The van der Waals surface area contributed by atoms with Crippen LogP contribution in [0, 0.1) is 6.92 Å². The number of nitrogens with zero attached hydrogens (tertiary/aromatic N) is 2. The number of aromatic nitrogens is 1. The summed E-state index contributed by atoms with van der Waals surface area (Å²) in [6.45, 7) is 2.88. The molecule has 6 rings (SSSR count). The van der Waals surface area contributed by atoms with Crippen LogP contribution < -0.4 is 5.32 Å². The van der Waals surface area contributed by atoms with Crippen LogP contribution in [0.2, 0.25) is 0 Å². The molecule has 180 valence electrons. The topological polar surface area (TPSA) is 102 Å². The lowest BCUT2D eigenvalue weighted by Crippen LogP contribution is -2.36. The minimum absolute atomic E-state index is 0.128. The minimum Gasteiger partial charge on any atom is -0.436 e. The van der Waals surface area contributed by atoms with Crippen molar-refractivity contribution in [1.29, 1.82) is 0 Å². The van der Waals surface area contributed by atoms with Crippen molar-refractivity contribution in [2.24, 2.45) is 0 Å². The lowest BCUT2D eigenvalue weighted by atomic mass is 10.1. The molecule has 8 nitrogen and oxygen atoms in total. The Morgan fingerprint density at radius 3 is 2.61 bits per heavy atom. The summed E-state index contributed by atoms with van der Waals surface area (Å²) in [6, 6.07) is 17.6. The third-order valence-electron chi connectivity index (χ3n) is 6.58. The quantitative estimate of drug-likeness (QED) is 0.410. The van der Waals surface area contributed by atoms with Crippen LogP contribution in [-0.2, 0) is 4.74 Å². The normalized spacial score (nSPS) is 17.1. The third-order valence-corrected chi connectivity index (χ3v) is 6.58. The minimum atomic E-state index is -0.391. The van der Waals surface area contributed by atoms with Crippen LogP contribution >= 0.6 is 0 Å². The lowest BCUT2D eigenvalue weighted by molar-refractivity contribution is 0.0475. The van der Waals surface area contributed by atoms with E-state index in [1.54, 1.807) is 18.2 Å². The van der Waals surface area contributed by atoms with Gasteiger partial charge in [0.2, 0.25) is 5.89 Å². The van der Waals surface area contributed by atoms with Crippen LogP contribution in [0.25, 0.3) is 22.6 Å². The first-order chi connectivity index (χ1) is 17.5. The number of imide groups is 1. The second-order valence-electron chi connectivity index (χ2n) is 9.14. The number of fused-ring (bicyclic) bond motifs is 2. The lowest BCUT2D eigenvalue weighted by Gasteiger charge is -2.17. The highest BCUT2D eigenvalue weighted by molar-refractivity contribution is 6.22. The number of amides is 3. The number of ether oxygens (including phenoxy) is 1. The molecule has 1 atom stereocenters. The molecule has 0 spiro atoms. The Morgan fingerprint density at radius 1 is 1.03 bits per heavy atom. The zero-order valence-corrected chi connectivity index (χ0v) is 19.6. The molecule has 1 fully saturated rings. The summed E-state index contributed by atoms with van der Waals surface area (Å²) >= 11 is 0. The van der Waals surface area contributed by atoms with Gasteiger partial charge in [-0.15, -0.1) is 0 Å². The molecule has 3 heterocycles. The second-order valence-corrected chi connectivity index (χ2v) is 9.14. The molecule has 8 heteroatoms. The van der Waals surface area contributed by atoms with Gasteiger partial charge in [-0.2, -0.15) is 0 Å².